The molecular formula is C8H17N5O2S. The molecule has 0 aliphatic rings. The zero-order valence-electron chi connectivity index (χ0n) is 9.64. The third-order valence-electron chi connectivity index (χ3n) is 2.22. The van der Waals surface area contributed by atoms with E-state index in [0.29, 0.717) is 18.8 Å². The van der Waals surface area contributed by atoms with Gasteiger partial charge >= 0.3 is 0 Å². The SMILES string of the molecule is CC(C)N(C)S(=O)(=O)NCCc1ncn[nH]1. The fourth-order valence-corrected chi connectivity index (χ4v) is 2.15. The van der Waals surface area contributed by atoms with Crippen LogP contribution in [-0.2, 0) is 16.6 Å². The number of hydrogen-bond donors (Lipinski definition) is 2. The highest BCUT2D eigenvalue weighted by atomic mass is 32.2. The molecule has 0 aliphatic heterocycles. The quantitative estimate of drug-likeness (QED) is 0.710. The summed E-state index contributed by atoms with van der Waals surface area (Å²) in [6.45, 7) is 3.93. The van der Waals surface area contributed by atoms with Crippen LogP contribution in [0, 0.1) is 0 Å². The molecule has 8 heteroatoms. The lowest BCUT2D eigenvalue weighted by Gasteiger charge is -2.20. The molecule has 2 N–H and O–H groups in total. The van der Waals surface area contributed by atoms with Crippen molar-refractivity contribution in [1.82, 2.24) is 24.2 Å². The fourth-order valence-electron chi connectivity index (χ4n) is 1.03. The molecule has 0 aromatic carbocycles. The van der Waals surface area contributed by atoms with Gasteiger partial charge in [-0.1, -0.05) is 0 Å². The van der Waals surface area contributed by atoms with Crippen LogP contribution in [0.5, 0.6) is 0 Å². The molecule has 7 nitrogen and oxygen atoms in total. The molecule has 1 aromatic heterocycles. The predicted octanol–water partition coefficient (Wildman–Crippen LogP) is -0.478. The summed E-state index contributed by atoms with van der Waals surface area (Å²) in [6.07, 6.45) is 1.88. The molecule has 0 radical (unpaired) electrons. The number of hydrogen-bond acceptors (Lipinski definition) is 4. The van der Waals surface area contributed by atoms with Crippen LogP contribution in [0.4, 0.5) is 0 Å². The van der Waals surface area contributed by atoms with Crippen molar-refractivity contribution in [3.05, 3.63) is 12.2 Å². The number of rotatable bonds is 6. The Morgan fingerprint density at radius 1 is 1.56 bits per heavy atom. The van der Waals surface area contributed by atoms with Crippen molar-refractivity contribution in [3.63, 3.8) is 0 Å². The zero-order valence-corrected chi connectivity index (χ0v) is 10.5. The van der Waals surface area contributed by atoms with E-state index in [1.54, 1.807) is 7.05 Å². The summed E-state index contributed by atoms with van der Waals surface area (Å²) in [5.74, 6) is 0.662. The van der Waals surface area contributed by atoms with Gasteiger partial charge in [-0.2, -0.15) is 17.8 Å². The first-order valence-electron chi connectivity index (χ1n) is 5.00. The van der Waals surface area contributed by atoms with Crippen molar-refractivity contribution >= 4 is 10.2 Å². The molecule has 1 rings (SSSR count). The van der Waals surface area contributed by atoms with Crippen LogP contribution >= 0.6 is 0 Å². The van der Waals surface area contributed by atoms with Gasteiger partial charge in [-0.05, 0) is 13.8 Å². The summed E-state index contributed by atoms with van der Waals surface area (Å²) < 4.78 is 27.1. The Bertz CT molecular complexity index is 400. The first kappa shape index (κ1) is 13.1. The van der Waals surface area contributed by atoms with Crippen molar-refractivity contribution in [2.45, 2.75) is 26.3 Å². The largest absolute Gasteiger partial charge is 0.279 e. The average molecular weight is 247 g/mol. The van der Waals surface area contributed by atoms with Crippen molar-refractivity contribution in [1.29, 1.82) is 0 Å². The van der Waals surface area contributed by atoms with Gasteiger partial charge < -0.3 is 0 Å². The Kier molecular flexibility index (Phi) is 4.39. The van der Waals surface area contributed by atoms with E-state index >= 15 is 0 Å². The van der Waals surface area contributed by atoms with E-state index in [9.17, 15) is 8.42 Å². The first-order chi connectivity index (χ1) is 7.43. The molecule has 0 bridgehead atoms. The van der Waals surface area contributed by atoms with E-state index in [-0.39, 0.29) is 6.04 Å². The van der Waals surface area contributed by atoms with E-state index in [1.807, 2.05) is 13.8 Å². The molecule has 0 aliphatic carbocycles. The molecule has 0 saturated heterocycles. The Balaban J connectivity index is 2.43. The van der Waals surface area contributed by atoms with Crippen molar-refractivity contribution in [2.24, 2.45) is 0 Å². The van der Waals surface area contributed by atoms with Gasteiger partial charge in [-0.15, -0.1) is 0 Å². The minimum Gasteiger partial charge on any atom is -0.263 e. The lowest BCUT2D eigenvalue weighted by atomic mass is 10.4. The average Bonchev–Trinajstić information content (AvgIpc) is 2.69. The number of aromatic nitrogens is 3. The molecule has 0 atom stereocenters. The van der Waals surface area contributed by atoms with E-state index in [0.717, 1.165) is 0 Å². The lowest BCUT2D eigenvalue weighted by Crippen LogP contribution is -2.42. The highest BCUT2D eigenvalue weighted by Gasteiger charge is 2.19. The Morgan fingerprint density at radius 3 is 2.75 bits per heavy atom. The molecule has 92 valence electrons. The second-order valence-corrected chi connectivity index (χ2v) is 5.51. The summed E-state index contributed by atoms with van der Waals surface area (Å²) in [7, 11) is -1.85. The van der Waals surface area contributed by atoms with Gasteiger partial charge in [0, 0.05) is 26.1 Å². The van der Waals surface area contributed by atoms with Gasteiger partial charge in [-0.25, -0.2) is 9.71 Å². The standard InChI is InChI=1S/C8H17N5O2S/c1-7(2)13(3)16(14,15)11-5-4-8-9-6-10-12-8/h6-7,11H,4-5H2,1-3H3,(H,9,10,12). The van der Waals surface area contributed by atoms with Crippen LogP contribution < -0.4 is 4.72 Å². The molecule has 1 heterocycles. The molecule has 1 aromatic rings. The zero-order chi connectivity index (χ0) is 12.2. The van der Waals surface area contributed by atoms with Crippen LogP contribution in [0.25, 0.3) is 0 Å². The van der Waals surface area contributed by atoms with Crippen LogP contribution in [0.15, 0.2) is 6.33 Å². The number of nitrogens with zero attached hydrogens (tertiary/aromatic N) is 3. The van der Waals surface area contributed by atoms with Gasteiger partial charge in [-0.3, -0.25) is 5.10 Å². The smallest absolute Gasteiger partial charge is 0.263 e. The third-order valence-corrected chi connectivity index (χ3v) is 3.97. The van der Waals surface area contributed by atoms with Crippen molar-refractivity contribution in [3.8, 4) is 0 Å². The maximum atomic E-state index is 11.7. The van der Waals surface area contributed by atoms with E-state index in [2.05, 4.69) is 19.9 Å². The monoisotopic (exact) mass is 247 g/mol. The number of H-pyrrole nitrogens is 1. The highest BCUT2D eigenvalue weighted by Crippen LogP contribution is 2.00. The predicted molar refractivity (Wildman–Crippen MR) is 59.9 cm³/mol. The topological polar surface area (TPSA) is 91.0 Å². The van der Waals surface area contributed by atoms with Gasteiger partial charge in [0.15, 0.2) is 0 Å². The third kappa shape index (κ3) is 3.54. The highest BCUT2D eigenvalue weighted by molar-refractivity contribution is 7.87. The summed E-state index contributed by atoms with van der Waals surface area (Å²) in [5, 5.41) is 6.34. The van der Waals surface area contributed by atoms with Crippen molar-refractivity contribution < 1.29 is 8.42 Å². The number of nitrogens with one attached hydrogen (secondary N) is 2. The summed E-state index contributed by atoms with van der Waals surface area (Å²) in [5.41, 5.74) is 0. The molecular weight excluding hydrogens is 230 g/mol. The Hall–Kier alpha value is -0.990. The van der Waals surface area contributed by atoms with Crippen LogP contribution in [0.1, 0.15) is 19.7 Å². The maximum Gasteiger partial charge on any atom is 0.279 e. The summed E-state index contributed by atoms with van der Waals surface area (Å²) in [4.78, 5) is 3.90. The van der Waals surface area contributed by atoms with Crippen LogP contribution in [-0.4, -0.2) is 47.5 Å². The molecule has 0 saturated carbocycles. The first-order valence-corrected chi connectivity index (χ1v) is 6.44. The summed E-state index contributed by atoms with van der Waals surface area (Å²) >= 11 is 0. The van der Waals surface area contributed by atoms with Gasteiger partial charge in [0.25, 0.3) is 10.2 Å². The molecule has 0 fully saturated rings. The van der Waals surface area contributed by atoms with Gasteiger partial charge in [0.1, 0.15) is 12.2 Å². The molecule has 0 unspecified atom stereocenters. The van der Waals surface area contributed by atoms with E-state index in [4.69, 9.17) is 0 Å². The van der Waals surface area contributed by atoms with Gasteiger partial charge in [0.2, 0.25) is 0 Å². The minimum absolute atomic E-state index is 0.0669. The van der Waals surface area contributed by atoms with E-state index in [1.165, 1.54) is 10.6 Å². The van der Waals surface area contributed by atoms with Crippen LogP contribution in [0.2, 0.25) is 0 Å². The van der Waals surface area contributed by atoms with Crippen molar-refractivity contribution in [2.75, 3.05) is 13.6 Å². The fraction of sp³-hybridized carbons (Fsp3) is 0.750. The Morgan fingerprint density at radius 2 is 2.25 bits per heavy atom. The second kappa shape index (κ2) is 5.37. The van der Waals surface area contributed by atoms with E-state index < -0.39 is 10.2 Å². The maximum absolute atomic E-state index is 11.7. The van der Waals surface area contributed by atoms with Crippen LogP contribution in [0.3, 0.4) is 0 Å². The lowest BCUT2D eigenvalue weighted by molar-refractivity contribution is 0.402. The van der Waals surface area contributed by atoms with Gasteiger partial charge in [0.05, 0.1) is 0 Å². The second-order valence-electron chi connectivity index (χ2n) is 3.69. The minimum atomic E-state index is -3.39. The summed E-state index contributed by atoms with van der Waals surface area (Å²) in [6, 6.07) is -0.0669. The molecule has 0 spiro atoms. The molecule has 0 amide bonds. The number of aromatic amines is 1. The Labute approximate surface area is 95.4 Å². The normalized spacial score (nSPS) is 12.6. The molecule has 16 heavy (non-hydrogen) atoms.